The van der Waals surface area contributed by atoms with Crippen LogP contribution >= 0.6 is 0 Å². The zero-order valence-corrected chi connectivity index (χ0v) is 13.2. The largest absolute Gasteiger partial charge is 0.523 e. The van der Waals surface area contributed by atoms with Crippen LogP contribution in [0.2, 0.25) is 0 Å². The van der Waals surface area contributed by atoms with Crippen LogP contribution in [0.15, 0.2) is 48.5 Å². The molecule has 0 aliphatic rings. The summed E-state index contributed by atoms with van der Waals surface area (Å²) in [5.41, 5.74) is 0.934. The first kappa shape index (κ1) is 18.5. The number of hydrogen-bond acceptors (Lipinski definition) is 4. The minimum absolute atomic E-state index is 0.133. The summed E-state index contributed by atoms with van der Waals surface area (Å²) in [6.45, 7) is 1.57. The molecule has 0 heterocycles. The molecule has 0 aliphatic heterocycles. The first-order chi connectivity index (χ1) is 11.8. The fourth-order valence-electron chi connectivity index (χ4n) is 2.15. The van der Waals surface area contributed by atoms with Gasteiger partial charge in [0.05, 0.1) is 23.3 Å². The van der Waals surface area contributed by atoms with Crippen LogP contribution in [0.4, 0.5) is 13.2 Å². The number of nitrogens with zero attached hydrogens (tertiary/aromatic N) is 1. The first-order valence-corrected chi connectivity index (χ1v) is 7.39. The van der Waals surface area contributed by atoms with E-state index in [1.807, 2.05) is 6.07 Å². The molecule has 4 nitrogen and oxygen atoms in total. The lowest BCUT2D eigenvalue weighted by Crippen LogP contribution is -2.18. The Kier molecular flexibility index (Phi) is 5.78. The number of hydrogen-bond donors (Lipinski definition) is 0. The smallest absolute Gasteiger partial charge is 0.423 e. The minimum atomic E-state index is -4.73. The number of halogens is 3. The lowest BCUT2D eigenvalue weighted by atomic mass is 10.1. The van der Waals surface area contributed by atoms with Crippen LogP contribution < -0.4 is 4.74 Å². The molecule has 1 atom stereocenters. The molecule has 2 aromatic rings. The number of carbonyl (C=O) groups is 1. The van der Waals surface area contributed by atoms with Gasteiger partial charge in [-0.25, -0.2) is 4.79 Å². The second kappa shape index (κ2) is 7.81. The number of ether oxygens (including phenoxy) is 2. The van der Waals surface area contributed by atoms with E-state index in [2.05, 4.69) is 4.74 Å². The van der Waals surface area contributed by atoms with Crippen LogP contribution in [0.5, 0.6) is 5.75 Å². The molecule has 0 amide bonds. The normalized spacial score (nSPS) is 12.3. The average Bonchev–Trinajstić information content (AvgIpc) is 2.59. The Morgan fingerprint density at radius 3 is 2.20 bits per heavy atom. The number of carbonyl (C=O) groups excluding carboxylic acids is 1. The molecule has 0 aromatic heterocycles. The van der Waals surface area contributed by atoms with Crippen molar-refractivity contribution >= 4 is 5.97 Å². The Hall–Kier alpha value is -2.85. The quantitative estimate of drug-likeness (QED) is 0.576. The molecule has 1 unspecified atom stereocenters. The average molecular weight is 349 g/mol. The molecule has 0 N–H and O–H groups in total. The van der Waals surface area contributed by atoms with Crippen molar-refractivity contribution in [1.82, 2.24) is 0 Å². The number of rotatable bonds is 5. The summed E-state index contributed by atoms with van der Waals surface area (Å²) in [7, 11) is 0. The van der Waals surface area contributed by atoms with Gasteiger partial charge in [0.25, 0.3) is 0 Å². The van der Waals surface area contributed by atoms with Crippen molar-refractivity contribution < 1.29 is 27.4 Å². The second-order valence-electron chi connectivity index (χ2n) is 5.11. The summed E-state index contributed by atoms with van der Waals surface area (Å²) in [5.74, 6) is -0.388. The molecule has 2 rings (SSSR count). The van der Waals surface area contributed by atoms with Gasteiger partial charge in [-0.05, 0) is 48.4 Å². The van der Waals surface area contributed by atoms with Gasteiger partial charge >= 0.3 is 12.3 Å². The summed E-state index contributed by atoms with van der Waals surface area (Å²) in [6, 6.07) is 13.5. The lowest BCUT2D eigenvalue weighted by Gasteiger charge is -2.18. The Morgan fingerprint density at radius 1 is 1.12 bits per heavy atom. The first-order valence-electron chi connectivity index (χ1n) is 7.39. The van der Waals surface area contributed by atoms with Crippen molar-refractivity contribution in [1.29, 1.82) is 5.26 Å². The summed E-state index contributed by atoms with van der Waals surface area (Å²) >= 11 is 0. The SMILES string of the molecule is CCC(OC(F)(F)F)c1ccc(C(=O)Oc2ccc(C#N)cc2)cc1. The van der Waals surface area contributed by atoms with E-state index in [1.165, 1.54) is 48.5 Å². The summed E-state index contributed by atoms with van der Waals surface area (Å²) in [5, 5.41) is 8.71. The molecule has 25 heavy (non-hydrogen) atoms. The molecule has 0 saturated heterocycles. The zero-order chi connectivity index (χ0) is 18.4. The molecular weight excluding hydrogens is 335 g/mol. The van der Waals surface area contributed by atoms with Gasteiger partial charge < -0.3 is 4.74 Å². The van der Waals surface area contributed by atoms with Crippen molar-refractivity contribution in [2.24, 2.45) is 0 Å². The van der Waals surface area contributed by atoms with Crippen molar-refractivity contribution in [2.75, 3.05) is 0 Å². The lowest BCUT2D eigenvalue weighted by molar-refractivity contribution is -0.345. The van der Waals surface area contributed by atoms with Crippen LogP contribution in [0.3, 0.4) is 0 Å². The molecule has 0 bridgehead atoms. The maximum atomic E-state index is 12.4. The molecule has 2 aromatic carbocycles. The van der Waals surface area contributed by atoms with Gasteiger partial charge in [-0.3, -0.25) is 4.74 Å². The van der Waals surface area contributed by atoms with E-state index >= 15 is 0 Å². The third-order valence-corrected chi connectivity index (χ3v) is 3.36. The van der Waals surface area contributed by atoms with E-state index in [4.69, 9.17) is 10.00 Å². The molecule has 0 radical (unpaired) electrons. The molecule has 0 saturated carbocycles. The van der Waals surface area contributed by atoms with E-state index in [9.17, 15) is 18.0 Å². The van der Waals surface area contributed by atoms with E-state index in [0.717, 1.165) is 0 Å². The highest BCUT2D eigenvalue weighted by atomic mass is 19.4. The molecular formula is C18H14F3NO3. The van der Waals surface area contributed by atoms with Crippen LogP contribution in [-0.2, 0) is 4.74 Å². The monoisotopic (exact) mass is 349 g/mol. The molecule has 0 fully saturated rings. The van der Waals surface area contributed by atoms with E-state index in [0.29, 0.717) is 11.1 Å². The summed E-state index contributed by atoms with van der Waals surface area (Å²) in [4.78, 5) is 12.0. The van der Waals surface area contributed by atoms with Gasteiger partial charge in [0.15, 0.2) is 0 Å². The maximum Gasteiger partial charge on any atom is 0.523 e. The summed E-state index contributed by atoms with van der Waals surface area (Å²) < 4.78 is 46.3. The third kappa shape index (κ3) is 5.33. The van der Waals surface area contributed by atoms with Gasteiger partial charge in [0.1, 0.15) is 5.75 Å². The maximum absolute atomic E-state index is 12.4. The molecule has 7 heteroatoms. The van der Waals surface area contributed by atoms with Crippen molar-refractivity contribution in [3.8, 4) is 11.8 Å². The Balaban J connectivity index is 2.07. The highest BCUT2D eigenvalue weighted by Gasteiger charge is 2.33. The second-order valence-corrected chi connectivity index (χ2v) is 5.11. The van der Waals surface area contributed by atoms with Gasteiger partial charge in [0, 0.05) is 0 Å². The van der Waals surface area contributed by atoms with Crippen molar-refractivity contribution in [3.05, 3.63) is 65.2 Å². The van der Waals surface area contributed by atoms with Crippen LogP contribution in [0.1, 0.15) is 40.9 Å². The number of esters is 1. The molecule has 130 valence electrons. The third-order valence-electron chi connectivity index (χ3n) is 3.36. The van der Waals surface area contributed by atoms with Gasteiger partial charge in [-0.15, -0.1) is 13.2 Å². The van der Waals surface area contributed by atoms with Gasteiger partial charge in [-0.1, -0.05) is 19.1 Å². The summed E-state index contributed by atoms with van der Waals surface area (Å²) in [6.07, 6.45) is -5.73. The van der Waals surface area contributed by atoms with Crippen molar-refractivity contribution in [3.63, 3.8) is 0 Å². The zero-order valence-electron chi connectivity index (χ0n) is 13.2. The van der Waals surface area contributed by atoms with Crippen LogP contribution in [0, 0.1) is 11.3 Å². The van der Waals surface area contributed by atoms with E-state index < -0.39 is 18.4 Å². The fourth-order valence-corrected chi connectivity index (χ4v) is 2.15. The van der Waals surface area contributed by atoms with Gasteiger partial charge in [-0.2, -0.15) is 5.26 Å². The highest BCUT2D eigenvalue weighted by Crippen LogP contribution is 2.30. The molecule has 0 spiro atoms. The Morgan fingerprint density at radius 2 is 1.72 bits per heavy atom. The Labute approximate surface area is 142 Å². The van der Waals surface area contributed by atoms with Gasteiger partial charge in [0.2, 0.25) is 0 Å². The van der Waals surface area contributed by atoms with Crippen LogP contribution in [0.25, 0.3) is 0 Å². The predicted molar refractivity (Wildman–Crippen MR) is 82.7 cm³/mol. The van der Waals surface area contributed by atoms with Crippen molar-refractivity contribution in [2.45, 2.75) is 25.8 Å². The molecule has 0 aliphatic carbocycles. The Bertz CT molecular complexity index is 762. The standard InChI is InChI=1S/C18H14F3NO3/c1-2-16(25-18(19,20)21)13-5-7-14(8-6-13)17(23)24-15-9-3-12(11-22)4-10-15/h3-10,16H,2H2,1H3. The van der Waals surface area contributed by atoms with Crippen LogP contribution in [-0.4, -0.2) is 12.3 Å². The fraction of sp³-hybridized carbons (Fsp3) is 0.222. The van der Waals surface area contributed by atoms with E-state index in [-0.39, 0.29) is 17.7 Å². The number of benzene rings is 2. The topological polar surface area (TPSA) is 59.3 Å². The minimum Gasteiger partial charge on any atom is -0.423 e. The van der Waals surface area contributed by atoms with E-state index in [1.54, 1.807) is 6.92 Å². The highest BCUT2D eigenvalue weighted by molar-refractivity contribution is 5.91. The predicted octanol–water partition coefficient (Wildman–Crippen LogP) is 4.76. The number of nitriles is 1. The number of alkyl halides is 3.